The van der Waals surface area contributed by atoms with E-state index in [0.717, 1.165) is 0 Å². The van der Waals surface area contributed by atoms with Crippen LogP contribution in [0.2, 0.25) is 0 Å². The third-order valence-electron chi connectivity index (χ3n) is 3.41. The van der Waals surface area contributed by atoms with E-state index in [9.17, 15) is 14.7 Å². The zero-order chi connectivity index (χ0) is 15.3. The number of nitrogens with zero attached hydrogens (tertiary/aromatic N) is 1. The van der Waals surface area contributed by atoms with Crippen molar-refractivity contribution in [3.8, 4) is 0 Å². The first-order chi connectivity index (χ1) is 10.0. The molecule has 0 bridgehead atoms. The Kier molecular flexibility index (Phi) is 4.77. The minimum Gasteiger partial charge on any atom is -0.479 e. The molecule has 7 nitrogen and oxygen atoms in total. The second-order valence-corrected chi connectivity index (χ2v) is 4.96. The van der Waals surface area contributed by atoms with Gasteiger partial charge in [0.15, 0.2) is 5.54 Å². The molecule has 0 aromatic heterocycles. The summed E-state index contributed by atoms with van der Waals surface area (Å²) in [6.45, 7) is 3.68. The lowest BCUT2D eigenvalue weighted by Gasteiger charge is -2.31. The van der Waals surface area contributed by atoms with E-state index in [4.69, 9.17) is 4.74 Å². The molecule has 0 spiro atoms. The summed E-state index contributed by atoms with van der Waals surface area (Å²) in [7, 11) is 0. The van der Waals surface area contributed by atoms with Crippen molar-refractivity contribution in [3.63, 3.8) is 0 Å². The van der Waals surface area contributed by atoms with Gasteiger partial charge >= 0.3 is 12.0 Å². The van der Waals surface area contributed by atoms with Gasteiger partial charge in [-0.05, 0) is 12.5 Å². The molecule has 1 aliphatic rings. The van der Waals surface area contributed by atoms with Crippen LogP contribution in [0.25, 0.3) is 0 Å². The lowest BCUT2D eigenvalue weighted by Crippen LogP contribution is -2.58. The Hall–Kier alpha value is -2.12. The van der Waals surface area contributed by atoms with E-state index in [0.29, 0.717) is 31.9 Å². The Morgan fingerprint density at radius 2 is 1.86 bits per heavy atom. The van der Waals surface area contributed by atoms with E-state index >= 15 is 0 Å². The molecule has 1 aromatic rings. The second kappa shape index (κ2) is 6.55. The standard InChI is InChI=1S/C14H19N3O4/c1-14(12(18)19,11-5-3-2-4-6-11)15-13(20)16-17-7-9-21-10-8-17/h2-6H,7-10H2,1H3,(H,18,19)(H2,15,16,20). The fraction of sp³-hybridized carbons (Fsp3) is 0.429. The van der Waals surface area contributed by atoms with Gasteiger partial charge in [-0.25, -0.2) is 14.6 Å². The molecule has 1 unspecified atom stereocenters. The highest BCUT2D eigenvalue weighted by molar-refractivity contribution is 5.86. The number of carbonyl (C=O) groups excluding carboxylic acids is 1. The molecule has 7 heteroatoms. The van der Waals surface area contributed by atoms with Crippen LogP contribution < -0.4 is 10.7 Å². The highest BCUT2D eigenvalue weighted by Gasteiger charge is 2.37. The monoisotopic (exact) mass is 293 g/mol. The van der Waals surface area contributed by atoms with Gasteiger partial charge in [-0.1, -0.05) is 30.3 Å². The van der Waals surface area contributed by atoms with E-state index in [-0.39, 0.29) is 0 Å². The fourth-order valence-corrected chi connectivity index (χ4v) is 2.09. The summed E-state index contributed by atoms with van der Waals surface area (Å²) in [5, 5.41) is 13.7. The van der Waals surface area contributed by atoms with E-state index in [1.165, 1.54) is 6.92 Å². The first-order valence-corrected chi connectivity index (χ1v) is 6.73. The van der Waals surface area contributed by atoms with Gasteiger partial charge in [0.05, 0.1) is 13.2 Å². The van der Waals surface area contributed by atoms with Gasteiger partial charge < -0.3 is 15.2 Å². The van der Waals surface area contributed by atoms with Gasteiger partial charge in [0.25, 0.3) is 0 Å². The van der Waals surface area contributed by atoms with Gasteiger partial charge in [0.2, 0.25) is 0 Å². The predicted octanol–water partition coefficient (Wildman–Crippen LogP) is 0.533. The molecule has 114 valence electrons. The average molecular weight is 293 g/mol. The number of carboxylic acids is 1. The number of carbonyl (C=O) groups is 2. The maximum absolute atomic E-state index is 12.0. The summed E-state index contributed by atoms with van der Waals surface area (Å²) < 4.78 is 5.18. The smallest absolute Gasteiger partial charge is 0.333 e. The summed E-state index contributed by atoms with van der Waals surface area (Å²) in [4.78, 5) is 23.6. The normalized spacial score (nSPS) is 18.5. The number of ether oxygens (including phenoxy) is 1. The number of hydrogen-bond donors (Lipinski definition) is 3. The second-order valence-electron chi connectivity index (χ2n) is 4.96. The molecule has 0 saturated carbocycles. The van der Waals surface area contributed by atoms with E-state index < -0.39 is 17.5 Å². The number of hydrazine groups is 1. The summed E-state index contributed by atoms with van der Waals surface area (Å²) in [6.07, 6.45) is 0. The Balaban J connectivity index is 2.05. The molecule has 2 amide bonds. The van der Waals surface area contributed by atoms with Gasteiger partial charge in [-0.3, -0.25) is 5.43 Å². The highest BCUT2D eigenvalue weighted by atomic mass is 16.5. The minimum atomic E-state index is -1.49. The van der Waals surface area contributed by atoms with Gasteiger partial charge in [0, 0.05) is 13.1 Å². The molecule has 1 aliphatic heterocycles. The molecule has 0 radical (unpaired) electrons. The van der Waals surface area contributed by atoms with Crippen molar-refractivity contribution in [1.29, 1.82) is 0 Å². The van der Waals surface area contributed by atoms with Crippen LogP contribution in [0, 0.1) is 0 Å². The Labute approximate surface area is 122 Å². The van der Waals surface area contributed by atoms with Crippen molar-refractivity contribution in [2.24, 2.45) is 0 Å². The molecule has 3 N–H and O–H groups in total. The summed E-state index contributed by atoms with van der Waals surface area (Å²) in [5.41, 5.74) is 1.66. The first kappa shape index (κ1) is 15.3. The predicted molar refractivity (Wildman–Crippen MR) is 75.5 cm³/mol. The number of carboxylic acid groups (broad SMARTS) is 1. The van der Waals surface area contributed by atoms with Crippen molar-refractivity contribution in [2.45, 2.75) is 12.5 Å². The summed E-state index contributed by atoms with van der Waals surface area (Å²) in [5.74, 6) is -1.12. The number of morpholine rings is 1. The van der Waals surface area contributed by atoms with Crippen molar-refractivity contribution < 1.29 is 19.4 Å². The third kappa shape index (κ3) is 3.71. The molecule has 1 aromatic carbocycles. The van der Waals surface area contributed by atoms with Crippen LogP contribution in [-0.2, 0) is 15.1 Å². The fourth-order valence-electron chi connectivity index (χ4n) is 2.09. The van der Waals surface area contributed by atoms with Crippen LogP contribution in [0.1, 0.15) is 12.5 Å². The van der Waals surface area contributed by atoms with E-state index in [1.54, 1.807) is 35.3 Å². The van der Waals surface area contributed by atoms with Crippen LogP contribution in [0.15, 0.2) is 30.3 Å². The minimum absolute atomic E-state index is 0.509. The van der Waals surface area contributed by atoms with Crippen LogP contribution in [0.3, 0.4) is 0 Å². The number of rotatable bonds is 4. The zero-order valence-corrected chi connectivity index (χ0v) is 11.8. The SMILES string of the molecule is CC(NC(=O)NN1CCOCC1)(C(=O)O)c1ccccc1. The van der Waals surface area contributed by atoms with Gasteiger partial charge in [0.1, 0.15) is 0 Å². The largest absolute Gasteiger partial charge is 0.479 e. The molecule has 0 aliphatic carbocycles. The third-order valence-corrected chi connectivity index (χ3v) is 3.41. The van der Waals surface area contributed by atoms with Crippen molar-refractivity contribution in [1.82, 2.24) is 15.8 Å². The Morgan fingerprint density at radius 3 is 2.43 bits per heavy atom. The van der Waals surface area contributed by atoms with E-state index in [1.807, 2.05) is 0 Å². The number of aliphatic carboxylic acids is 1. The van der Waals surface area contributed by atoms with Gasteiger partial charge in [-0.15, -0.1) is 0 Å². The first-order valence-electron chi connectivity index (χ1n) is 6.73. The van der Waals surface area contributed by atoms with Crippen LogP contribution in [0.4, 0.5) is 4.79 Å². The molecule has 1 heterocycles. The Bertz CT molecular complexity index is 502. The Morgan fingerprint density at radius 1 is 1.24 bits per heavy atom. The quantitative estimate of drug-likeness (QED) is 0.753. The number of urea groups is 1. The molecular weight excluding hydrogens is 274 g/mol. The van der Waals surface area contributed by atoms with Crippen molar-refractivity contribution >= 4 is 12.0 Å². The number of hydrogen-bond acceptors (Lipinski definition) is 4. The molecule has 21 heavy (non-hydrogen) atoms. The van der Waals surface area contributed by atoms with Crippen LogP contribution in [0.5, 0.6) is 0 Å². The number of amides is 2. The van der Waals surface area contributed by atoms with Crippen LogP contribution in [-0.4, -0.2) is 48.4 Å². The molecular formula is C14H19N3O4. The highest BCUT2D eigenvalue weighted by Crippen LogP contribution is 2.20. The maximum atomic E-state index is 12.0. The molecule has 1 atom stereocenters. The number of nitrogens with one attached hydrogen (secondary N) is 2. The van der Waals surface area contributed by atoms with E-state index in [2.05, 4.69) is 10.7 Å². The lowest BCUT2D eigenvalue weighted by molar-refractivity contribution is -0.144. The number of benzene rings is 1. The van der Waals surface area contributed by atoms with Gasteiger partial charge in [-0.2, -0.15) is 0 Å². The summed E-state index contributed by atoms with van der Waals surface area (Å²) >= 11 is 0. The summed E-state index contributed by atoms with van der Waals surface area (Å²) in [6, 6.07) is 8.05. The van der Waals surface area contributed by atoms with Crippen molar-refractivity contribution in [3.05, 3.63) is 35.9 Å². The molecule has 1 saturated heterocycles. The van der Waals surface area contributed by atoms with Crippen molar-refractivity contribution in [2.75, 3.05) is 26.3 Å². The zero-order valence-electron chi connectivity index (χ0n) is 11.8. The topological polar surface area (TPSA) is 90.9 Å². The molecule has 1 fully saturated rings. The maximum Gasteiger partial charge on any atom is 0.333 e. The lowest BCUT2D eigenvalue weighted by atomic mass is 9.92. The average Bonchev–Trinajstić information content (AvgIpc) is 2.48. The molecule has 2 rings (SSSR count). The van der Waals surface area contributed by atoms with Crippen LogP contribution >= 0.6 is 0 Å².